The fourth-order valence-electron chi connectivity index (χ4n) is 4.73. The number of benzene rings is 1. The van der Waals surface area contributed by atoms with Gasteiger partial charge in [0, 0.05) is 13.6 Å². The normalized spacial score (nSPS) is 30.7. The van der Waals surface area contributed by atoms with E-state index in [9.17, 15) is 14.4 Å². The van der Waals surface area contributed by atoms with E-state index in [0.29, 0.717) is 0 Å². The standard InChI is InChI=1S/C22H23N3O5/c1-4-11-25-18(20(27)24-12-13-5-7-14(29-3)8-6-13)22-10-9-15(30-22)16(19(26)23-2)17(22)21(25)28/h1,5-10,15-18H,11-12H2,2-3H3,(H,23,26)(H,24,27)/t15-,16+,17-,18+,22-/m0/s1. The molecule has 30 heavy (non-hydrogen) atoms. The van der Waals surface area contributed by atoms with Gasteiger partial charge in [-0.2, -0.15) is 0 Å². The van der Waals surface area contributed by atoms with E-state index in [1.165, 1.54) is 11.9 Å². The van der Waals surface area contributed by atoms with Gasteiger partial charge in [0.2, 0.25) is 17.7 Å². The highest BCUT2D eigenvalue weighted by Gasteiger charge is 2.72. The van der Waals surface area contributed by atoms with E-state index >= 15 is 0 Å². The van der Waals surface area contributed by atoms with Crippen LogP contribution in [0.15, 0.2) is 36.4 Å². The summed E-state index contributed by atoms with van der Waals surface area (Å²) in [5, 5.41) is 5.47. The summed E-state index contributed by atoms with van der Waals surface area (Å²) in [4.78, 5) is 40.2. The van der Waals surface area contributed by atoms with Crippen molar-refractivity contribution in [3.63, 3.8) is 0 Å². The molecule has 1 aromatic carbocycles. The number of methoxy groups -OCH3 is 1. The summed E-state index contributed by atoms with van der Waals surface area (Å²) in [5.41, 5.74) is -0.318. The first-order valence-corrected chi connectivity index (χ1v) is 9.70. The molecule has 0 aromatic heterocycles. The van der Waals surface area contributed by atoms with Gasteiger partial charge < -0.3 is 25.0 Å². The monoisotopic (exact) mass is 409 g/mol. The molecule has 0 saturated carbocycles. The zero-order valence-corrected chi connectivity index (χ0v) is 16.8. The first kappa shape index (κ1) is 20.0. The van der Waals surface area contributed by atoms with Crippen LogP contribution in [0.2, 0.25) is 0 Å². The molecule has 3 heterocycles. The largest absolute Gasteiger partial charge is 0.497 e. The van der Waals surface area contributed by atoms with Crippen molar-refractivity contribution in [2.45, 2.75) is 24.3 Å². The maximum absolute atomic E-state index is 13.2. The summed E-state index contributed by atoms with van der Waals surface area (Å²) in [7, 11) is 3.10. The third-order valence-corrected chi connectivity index (χ3v) is 6.06. The van der Waals surface area contributed by atoms with E-state index in [-0.39, 0.29) is 30.8 Å². The number of likely N-dealkylation sites (tertiary alicyclic amines) is 1. The van der Waals surface area contributed by atoms with Crippen LogP contribution in [-0.4, -0.2) is 61.1 Å². The Morgan fingerprint density at radius 1 is 1.30 bits per heavy atom. The number of hydrogen-bond acceptors (Lipinski definition) is 5. The maximum atomic E-state index is 13.2. The summed E-state index contributed by atoms with van der Waals surface area (Å²) in [5.74, 6) is 0.697. The Labute approximate surface area is 174 Å². The van der Waals surface area contributed by atoms with Crippen LogP contribution in [0.1, 0.15) is 5.56 Å². The van der Waals surface area contributed by atoms with Crippen molar-refractivity contribution >= 4 is 17.7 Å². The fraction of sp³-hybridized carbons (Fsp3) is 0.409. The minimum atomic E-state index is -1.19. The Kier molecular flexibility index (Phi) is 5.00. The molecule has 1 aromatic rings. The Morgan fingerprint density at radius 2 is 2.03 bits per heavy atom. The molecule has 3 aliphatic rings. The van der Waals surface area contributed by atoms with Crippen LogP contribution in [0.25, 0.3) is 0 Å². The van der Waals surface area contributed by atoms with Crippen molar-refractivity contribution < 1.29 is 23.9 Å². The predicted octanol–water partition coefficient (Wildman–Crippen LogP) is -0.159. The molecule has 4 rings (SSSR count). The number of terminal acetylenes is 1. The maximum Gasteiger partial charge on any atom is 0.246 e. The average Bonchev–Trinajstić information content (AvgIpc) is 3.40. The van der Waals surface area contributed by atoms with Gasteiger partial charge in [-0.05, 0) is 17.7 Å². The lowest BCUT2D eigenvalue weighted by Gasteiger charge is -2.31. The van der Waals surface area contributed by atoms with Crippen molar-refractivity contribution in [1.29, 1.82) is 0 Å². The first-order chi connectivity index (χ1) is 14.5. The number of amides is 3. The van der Waals surface area contributed by atoms with Gasteiger partial charge in [0.15, 0.2) is 0 Å². The zero-order valence-electron chi connectivity index (χ0n) is 16.8. The van der Waals surface area contributed by atoms with Crippen LogP contribution in [0, 0.1) is 24.2 Å². The van der Waals surface area contributed by atoms with E-state index in [4.69, 9.17) is 15.9 Å². The summed E-state index contributed by atoms with van der Waals surface area (Å²) < 4.78 is 11.2. The van der Waals surface area contributed by atoms with E-state index in [1.807, 2.05) is 12.1 Å². The number of fused-ring (bicyclic) bond motifs is 1. The minimum absolute atomic E-state index is 0.0416. The molecule has 2 fully saturated rings. The molecular formula is C22H23N3O5. The van der Waals surface area contributed by atoms with Crippen molar-refractivity contribution in [2.24, 2.45) is 11.8 Å². The molecule has 0 radical (unpaired) electrons. The number of carbonyl (C=O) groups excluding carboxylic acids is 3. The molecule has 0 aliphatic carbocycles. The molecule has 3 amide bonds. The highest BCUT2D eigenvalue weighted by Crippen LogP contribution is 2.54. The van der Waals surface area contributed by atoms with Crippen LogP contribution in [-0.2, 0) is 25.7 Å². The number of ether oxygens (including phenoxy) is 2. The van der Waals surface area contributed by atoms with Gasteiger partial charge in [0.1, 0.15) is 17.4 Å². The third kappa shape index (κ3) is 2.85. The minimum Gasteiger partial charge on any atom is -0.497 e. The Bertz CT molecular complexity index is 951. The third-order valence-electron chi connectivity index (χ3n) is 6.06. The van der Waals surface area contributed by atoms with Crippen LogP contribution in [0.4, 0.5) is 0 Å². The molecule has 0 unspecified atom stereocenters. The number of nitrogens with zero attached hydrogens (tertiary/aromatic N) is 1. The molecule has 8 heteroatoms. The lowest BCUT2D eigenvalue weighted by atomic mass is 9.74. The average molecular weight is 409 g/mol. The van der Waals surface area contributed by atoms with Gasteiger partial charge in [-0.25, -0.2) is 0 Å². The van der Waals surface area contributed by atoms with Crippen LogP contribution >= 0.6 is 0 Å². The smallest absolute Gasteiger partial charge is 0.246 e. The molecule has 2 saturated heterocycles. The Morgan fingerprint density at radius 3 is 2.67 bits per heavy atom. The van der Waals surface area contributed by atoms with E-state index in [0.717, 1.165) is 11.3 Å². The van der Waals surface area contributed by atoms with Crippen LogP contribution in [0.3, 0.4) is 0 Å². The number of hydrogen-bond donors (Lipinski definition) is 2. The van der Waals surface area contributed by atoms with Gasteiger partial charge in [-0.15, -0.1) is 6.42 Å². The van der Waals surface area contributed by atoms with E-state index < -0.39 is 29.6 Å². The number of nitrogens with one attached hydrogen (secondary N) is 2. The van der Waals surface area contributed by atoms with Gasteiger partial charge in [-0.3, -0.25) is 14.4 Å². The first-order valence-electron chi connectivity index (χ1n) is 9.70. The van der Waals surface area contributed by atoms with Gasteiger partial charge >= 0.3 is 0 Å². The highest BCUT2D eigenvalue weighted by molar-refractivity contribution is 5.99. The second-order valence-corrected chi connectivity index (χ2v) is 7.55. The molecule has 5 atom stereocenters. The van der Waals surface area contributed by atoms with Gasteiger partial charge in [0.05, 0.1) is 31.6 Å². The molecule has 8 nitrogen and oxygen atoms in total. The van der Waals surface area contributed by atoms with Crippen LogP contribution < -0.4 is 15.4 Å². The molecule has 3 aliphatic heterocycles. The summed E-state index contributed by atoms with van der Waals surface area (Å²) in [6.45, 7) is 0.226. The van der Waals surface area contributed by atoms with Crippen molar-refractivity contribution in [1.82, 2.24) is 15.5 Å². The van der Waals surface area contributed by atoms with Gasteiger partial charge in [0.25, 0.3) is 0 Å². The molecule has 2 N–H and O–H groups in total. The number of carbonyl (C=O) groups is 3. The molecular weight excluding hydrogens is 386 g/mol. The SMILES string of the molecule is C#CCN1C(=O)[C@@H]2[C@H](C(=O)NC)[C@@H]3C=C[C@@]2(O3)[C@H]1C(=O)NCc1ccc(OC)cc1. The lowest BCUT2D eigenvalue weighted by Crippen LogP contribution is -2.54. The Hall–Kier alpha value is -3.31. The second kappa shape index (κ2) is 7.50. The molecule has 1 spiro atoms. The van der Waals surface area contributed by atoms with Crippen LogP contribution in [0.5, 0.6) is 5.75 Å². The quantitative estimate of drug-likeness (QED) is 0.503. The van der Waals surface area contributed by atoms with E-state index in [1.54, 1.807) is 31.4 Å². The topological polar surface area (TPSA) is 97.0 Å². The summed E-state index contributed by atoms with van der Waals surface area (Å²) in [6, 6.07) is 6.35. The van der Waals surface area contributed by atoms with Gasteiger partial charge in [-0.1, -0.05) is 30.2 Å². The summed E-state index contributed by atoms with van der Waals surface area (Å²) in [6.07, 6.45) is 8.43. The lowest BCUT2D eigenvalue weighted by molar-refractivity contribution is -0.141. The molecule has 156 valence electrons. The fourth-order valence-corrected chi connectivity index (χ4v) is 4.73. The highest BCUT2D eigenvalue weighted by atomic mass is 16.5. The van der Waals surface area contributed by atoms with Crippen molar-refractivity contribution in [3.05, 3.63) is 42.0 Å². The second-order valence-electron chi connectivity index (χ2n) is 7.55. The van der Waals surface area contributed by atoms with E-state index in [2.05, 4.69) is 16.6 Å². The predicted molar refractivity (Wildman–Crippen MR) is 107 cm³/mol. The molecule has 2 bridgehead atoms. The number of rotatable bonds is 6. The zero-order chi connectivity index (χ0) is 21.5. The summed E-state index contributed by atoms with van der Waals surface area (Å²) >= 11 is 0. The van der Waals surface area contributed by atoms with Crippen molar-refractivity contribution in [3.8, 4) is 18.1 Å². The van der Waals surface area contributed by atoms with Crippen molar-refractivity contribution in [2.75, 3.05) is 20.7 Å². The Balaban J connectivity index is 1.60.